The van der Waals surface area contributed by atoms with E-state index in [2.05, 4.69) is 5.32 Å². The Morgan fingerprint density at radius 3 is 1.95 bits per heavy atom. The molecule has 0 aliphatic rings. The van der Waals surface area contributed by atoms with Gasteiger partial charge in [0.15, 0.2) is 0 Å². The zero-order chi connectivity index (χ0) is 15.2. The van der Waals surface area contributed by atoms with E-state index >= 15 is 0 Å². The van der Waals surface area contributed by atoms with Crippen LogP contribution >= 0.6 is 12.4 Å². The smallest absolute Gasteiger partial charge is 0.115 e. The third kappa shape index (κ3) is 5.22. The van der Waals surface area contributed by atoms with Gasteiger partial charge in [-0.05, 0) is 55.3 Å². The number of aliphatic hydroxyl groups excluding tert-OH is 1. The van der Waals surface area contributed by atoms with Gasteiger partial charge >= 0.3 is 0 Å². The van der Waals surface area contributed by atoms with Crippen LogP contribution in [0.2, 0.25) is 0 Å². The third-order valence-electron chi connectivity index (χ3n) is 3.52. The van der Waals surface area contributed by atoms with Gasteiger partial charge in [-0.1, -0.05) is 24.3 Å². The summed E-state index contributed by atoms with van der Waals surface area (Å²) in [5.41, 5.74) is 1.91. The summed E-state index contributed by atoms with van der Waals surface area (Å²) in [6, 6.07) is 13.6. The van der Waals surface area contributed by atoms with Crippen LogP contribution < -0.4 is 5.32 Å². The molecule has 0 heterocycles. The van der Waals surface area contributed by atoms with Crippen molar-refractivity contribution in [1.29, 1.82) is 0 Å². The fraction of sp³-hybridized carbons (Fsp3) is 0.294. The number of benzene rings is 2. The van der Waals surface area contributed by atoms with Gasteiger partial charge in [-0.25, -0.2) is 0 Å². The van der Waals surface area contributed by atoms with Crippen LogP contribution in [0.4, 0.5) is 0 Å². The van der Waals surface area contributed by atoms with Crippen LogP contribution in [0.25, 0.3) is 0 Å². The molecule has 0 amide bonds. The van der Waals surface area contributed by atoms with Gasteiger partial charge < -0.3 is 20.6 Å². The van der Waals surface area contributed by atoms with Crippen molar-refractivity contribution in [3.05, 3.63) is 59.7 Å². The Hall–Kier alpha value is -1.75. The molecule has 0 saturated carbocycles. The topological polar surface area (TPSA) is 72.7 Å². The summed E-state index contributed by atoms with van der Waals surface area (Å²) in [7, 11) is 0. The van der Waals surface area contributed by atoms with Crippen LogP contribution in [-0.2, 0) is 6.42 Å². The lowest BCUT2D eigenvalue weighted by Gasteiger charge is -2.20. The lowest BCUT2D eigenvalue weighted by atomic mass is 10.0. The van der Waals surface area contributed by atoms with E-state index in [4.69, 9.17) is 0 Å². The predicted octanol–water partition coefficient (Wildman–Crippen LogP) is 2.77. The molecule has 0 saturated heterocycles. The van der Waals surface area contributed by atoms with E-state index < -0.39 is 6.10 Å². The number of aromatic hydroxyl groups is 2. The quantitative estimate of drug-likeness (QED) is 0.659. The molecule has 0 aliphatic carbocycles. The van der Waals surface area contributed by atoms with Gasteiger partial charge in [-0.2, -0.15) is 0 Å². The second-order valence-corrected chi connectivity index (χ2v) is 5.20. The minimum absolute atomic E-state index is 0. The highest BCUT2D eigenvalue weighted by Crippen LogP contribution is 2.19. The summed E-state index contributed by atoms with van der Waals surface area (Å²) in [5, 5.41) is 32.0. The molecular formula is C17H22ClNO3. The molecule has 2 rings (SSSR count). The number of halogens is 1. The summed E-state index contributed by atoms with van der Waals surface area (Å²) in [6.07, 6.45) is 0.206. The Bertz CT molecular complexity index is 557. The van der Waals surface area contributed by atoms with Crippen LogP contribution in [0.3, 0.4) is 0 Å². The van der Waals surface area contributed by atoms with Crippen molar-refractivity contribution in [1.82, 2.24) is 5.32 Å². The third-order valence-corrected chi connectivity index (χ3v) is 3.52. The van der Waals surface area contributed by atoms with E-state index in [0.717, 1.165) is 24.1 Å². The van der Waals surface area contributed by atoms with Gasteiger partial charge in [0.2, 0.25) is 0 Å². The van der Waals surface area contributed by atoms with E-state index in [1.807, 2.05) is 19.1 Å². The Labute approximate surface area is 136 Å². The van der Waals surface area contributed by atoms with Crippen LogP contribution in [0.15, 0.2) is 48.5 Å². The maximum absolute atomic E-state index is 10.2. The first kappa shape index (κ1) is 18.3. The first-order valence-corrected chi connectivity index (χ1v) is 7.04. The van der Waals surface area contributed by atoms with E-state index in [0.29, 0.717) is 0 Å². The number of phenols is 2. The van der Waals surface area contributed by atoms with Crippen LogP contribution in [-0.4, -0.2) is 27.9 Å². The van der Waals surface area contributed by atoms with Gasteiger partial charge in [0, 0.05) is 6.04 Å². The largest absolute Gasteiger partial charge is 0.508 e. The SMILES string of the molecule is C[C@@H](NCCc1ccc(O)cc1)[C@@H](O)c1ccc(O)cc1.Cl. The number of phenolic OH excluding ortho intramolecular Hbond substituents is 2. The molecule has 4 nitrogen and oxygen atoms in total. The molecule has 0 fully saturated rings. The van der Waals surface area contributed by atoms with Crippen molar-refractivity contribution in [3.8, 4) is 11.5 Å². The Morgan fingerprint density at radius 2 is 1.41 bits per heavy atom. The molecular weight excluding hydrogens is 302 g/mol. The highest BCUT2D eigenvalue weighted by Gasteiger charge is 2.15. The van der Waals surface area contributed by atoms with Gasteiger partial charge in [-0.3, -0.25) is 0 Å². The van der Waals surface area contributed by atoms with Gasteiger partial charge in [0.1, 0.15) is 11.5 Å². The molecule has 2 aromatic carbocycles. The molecule has 0 unspecified atom stereocenters. The number of aliphatic hydroxyl groups is 1. The summed E-state index contributed by atoms with van der Waals surface area (Å²) in [6.45, 7) is 2.66. The maximum Gasteiger partial charge on any atom is 0.115 e. The molecule has 120 valence electrons. The lowest BCUT2D eigenvalue weighted by Crippen LogP contribution is -2.33. The molecule has 0 bridgehead atoms. The summed E-state index contributed by atoms with van der Waals surface area (Å²) >= 11 is 0. The summed E-state index contributed by atoms with van der Waals surface area (Å²) in [5.74, 6) is 0.460. The normalized spacial score (nSPS) is 13.2. The second kappa shape index (κ2) is 8.63. The van der Waals surface area contributed by atoms with Crippen molar-refractivity contribution in [2.75, 3.05) is 6.54 Å². The fourth-order valence-corrected chi connectivity index (χ4v) is 2.18. The van der Waals surface area contributed by atoms with E-state index in [9.17, 15) is 15.3 Å². The Kier molecular flexibility index (Phi) is 7.18. The van der Waals surface area contributed by atoms with Crippen LogP contribution in [0.5, 0.6) is 11.5 Å². The fourth-order valence-electron chi connectivity index (χ4n) is 2.18. The monoisotopic (exact) mass is 323 g/mol. The molecule has 4 N–H and O–H groups in total. The Balaban J connectivity index is 0.00000242. The van der Waals surface area contributed by atoms with Crippen molar-refractivity contribution < 1.29 is 15.3 Å². The van der Waals surface area contributed by atoms with Crippen molar-refractivity contribution >= 4 is 12.4 Å². The van der Waals surface area contributed by atoms with Crippen molar-refractivity contribution in [2.45, 2.75) is 25.5 Å². The molecule has 0 radical (unpaired) electrons. The first-order chi connectivity index (χ1) is 10.1. The molecule has 0 aliphatic heterocycles. The zero-order valence-electron chi connectivity index (χ0n) is 12.4. The molecule has 0 spiro atoms. The standard InChI is InChI=1S/C17H21NO3.ClH/c1-12(17(21)14-4-8-16(20)9-5-14)18-11-10-13-2-6-15(19)7-3-13;/h2-9,12,17-21H,10-11H2,1H3;1H/t12-,17-;/m1./s1. The van der Waals surface area contributed by atoms with Crippen LogP contribution in [0.1, 0.15) is 24.2 Å². The zero-order valence-corrected chi connectivity index (χ0v) is 13.3. The number of hydrogen-bond donors (Lipinski definition) is 4. The van der Waals surface area contributed by atoms with Crippen molar-refractivity contribution in [3.63, 3.8) is 0 Å². The van der Waals surface area contributed by atoms with E-state index in [1.165, 1.54) is 0 Å². The average molecular weight is 324 g/mol. The molecule has 5 heteroatoms. The predicted molar refractivity (Wildman–Crippen MR) is 89.6 cm³/mol. The molecule has 22 heavy (non-hydrogen) atoms. The minimum Gasteiger partial charge on any atom is -0.508 e. The van der Waals surface area contributed by atoms with Gasteiger partial charge in [0.05, 0.1) is 6.10 Å². The van der Waals surface area contributed by atoms with Gasteiger partial charge in [-0.15, -0.1) is 12.4 Å². The van der Waals surface area contributed by atoms with Crippen LogP contribution in [0, 0.1) is 0 Å². The average Bonchev–Trinajstić information content (AvgIpc) is 2.49. The van der Waals surface area contributed by atoms with E-state index in [-0.39, 0.29) is 29.9 Å². The summed E-state index contributed by atoms with van der Waals surface area (Å²) < 4.78 is 0. The van der Waals surface area contributed by atoms with E-state index in [1.54, 1.807) is 36.4 Å². The molecule has 2 aromatic rings. The second-order valence-electron chi connectivity index (χ2n) is 5.20. The maximum atomic E-state index is 10.2. The van der Waals surface area contributed by atoms with Crippen molar-refractivity contribution in [2.24, 2.45) is 0 Å². The van der Waals surface area contributed by atoms with Gasteiger partial charge in [0.25, 0.3) is 0 Å². The molecule has 2 atom stereocenters. The number of nitrogens with one attached hydrogen (secondary N) is 1. The number of hydrogen-bond acceptors (Lipinski definition) is 4. The number of rotatable bonds is 6. The lowest BCUT2D eigenvalue weighted by molar-refractivity contribution is 0.136. The molecule has 0 aromatic heterocycles. The highest BCUT2D eigenvalue weighted by atomic mass is 35.5. The summed E-state index contributed by atoms with van der Waals surface area (Å²) in [4.78, 5) is 0. The Morgan fingerprint density at radius 1 is 0.909 bits per heavy atom. The highest BCUT2D eigenvalue weighted by molar-refractivity contribution is 5.85. The first-order valence-electron chi connectivity index (χ1n) is 7.04. The minimum atomic E-state index is -0.620.